The minimum Gasteiger partial charge on any atom is -0.381 e. The van der Waals surface area contributed by atoms with Crippen molar-refractivity contribution in [2.45, 2.75) is 25.9 Å². The van der Waals surface area contributed by atoms with Gasteiger partial charge in [-0.1, -0.05) is 11.2 Å². The van der Waals surface area contributed by atoms with E-state index in [1.54, 1.807) is 0 Å². The SMILES string of the molecule is c1cc2c(cc1-c1nc(CC3CCOC3)no1)CNC2. The van der Waals surface area contributed by atoms with Crippen molar-refractivity contribution in [2.75, 3.05) is 13.2 Å². The maximum Gasteiger partial charge on any atom is 0.257 e. The summed E-state index contributed by atoms with van der Waals surface area (Å²) >= 11 is 0. The molecule has 3 heterocycles. The molecule has 104 valence electrons. The van der Waals surface area contributed by atoms with Crippen molar-refractivity contribution < 1.29 is 9.26 Å². The maximum absolute atomic E-state index is 5.40. The number of fused-ring (bicyclic) bond motifs is 1. The Balaban J connectivity index is 1.55. The molecular formula is C15H17N3O2. The third-order valence-electron chi connectivity index (χ3n) is 4.05. The number of aromatic nitrogens is 2. The summed E-state index contributed by atoms with van der Waals surface area (Å²) in [5.74, 6) is 1.94. The van der Waals surface area contributed by atoms with E-state index in [4.69, 9.17) is 9.26 Å². The Morgan fingerprint density at radius 3 is 3.10 bits per heavy atom. The molecule has 20 heavy (non-hydrogen) atoms. The number of ether oxygens (including phenoxy) is 1. The predicted molar refractivity (Wildman–Crippen MR) is 72.9 cm³/mol. The summed E-state index contributed by atoms with van der Waals surface area (Å²) in [5, 5.41) is 7.43. The average Bonchev–Trinajstić information content (AvgIpc) is 3.19. The molecule has 2 aliphatic heterocycles. The van der Waals surface area contributed by atoms with Crippen LogP contribution in [0.2, 0.25) is 0 Å². The highest BCUT2D eigenvalue weighted by Gasteiger charge is 2.20. The molecular weight excluding hydrogens is 254 g/mol. The van der Waals surface area contributed by atoms with Crippen LogP contribution >= 0.6 is 0 Å². The van der Waals surface area contributed by atoms with E-state index in [9.17, 15) is 0 Å². The summed E-state index contributed by atoms with van der Waals surface area (Å²) in [4.78, 5) is 4.52. The highest BCUT2D eigenvalue weighted by Crippen LogP contribution is 2.25. The average molecular weight is 271 g/mol. The van der Waals surface area contributed by atoms with Crippen molar-refractivity contribution in [1.29, 1.82) is 0 Å². The second-order valence-corrected chi connectivity index (χ2v) is 5.54. The first-order valence-corrected chi connectivity index (χ1v) is 7.12. The number of nitrogens with zero attached hydrogens (tertiary/aromatic N) is 2. The molecule has 1 unspecified atom stereocenters. The lowest BCUT2D eigenvalue weighted by atomic mass is 10.0. The predicted octanol–water partition coefficient (Wildman–Crippen LogP) is 1.92. The highest BCUT2D eigenvalue weighted by molar-refractivity contribution is 5.56. The number of hydrogen-bond acceptors (Lipinski definition) is 5. The fourth-order valence-corrected chi connectivity index (χ4v) is 2.88. The molecule has 0 saturated carbocycles. The van der Waals surface area contributed by atoms with Crippen molar-refractivity contribution in [3.05, 3.63) is 35.2 Å². The molecule has 2 aliphatic rings. The largest absolute Gasteiger partial charge is 0.381 e. The Labute approximate surface area is 117 Å². The van der Waals surface area contributed by atoms with Crippen molar-refractivity contribution in [2.24, 2.45) is 5.92 Å². The van der Waals surface area contributed by atoms with Gasteiger partial charge in [-0.25, -0.2) is 0 Å². The second kappa shape index (κ2) is 5.00. The molecule has 1 fully saturated rings. The van der Waals surface area contributed by atoms with Gasteiger partial charge in [0, 0.05) is 38.3 Å². The lowest BCUT2D eigenvalue weighted by molar-refractivity contribution is 0.185. The van der Waals surface area contributed by atoms with Gasteiger partial charge in [0.15, 0.2) is 5.82 Å². The summed E-state index contributed by atoms with van der Waals surface area (Å²) in [6.45, 7) is 3.54. The van der Waals surface area contributed by atoms with E-state index in [2.05, 4.69) is 33.7 Å². The number of benzene rings is 1. The molecule has 1 aromatic carbocycles. The molecule has 5 heteroatoms. The van der Waals surface area contributed by atoms with E-state index < -0.39 is 0 Å². The van der Waals surface area contributed by atoms with E-state index in [1.165, 1.54) is 11.1 Å². The van der Waals surface area contributed by atoms with Gasteiger partial charge in [0.1, 0.15) is 0 Å². The van der Waals surface area contributed by atoms with E-state index in [0.29, 0.717) is 11.8 Å². The number of hydrogen-bond donors (Lipinski definition) is 1. The summed E-state index contributed by atoms with van der Waals surface area (Å²) in [5.41, 5.74) is 3.69. The summed E-state index contributed by atoms with van der Waals surface area (Å²) in [6, 6.07) is 6.34. The van der Waals surface area contributed by atoms with E-state index in [0.717, 1.165) is 50.5 Å². The molecule has 1 atom stereocenters. The molecule has 0 spiro atoms. The zero-order chi connectivity index (χ0) is 13.4. The molecule has 1 aromatic heterocycles. The molecule has 1 saturated heterocycles. The summed E-state index contributed by atoms with van der Waals surface area (Å²) < 4.78 is 10.8. The normalized spacial score (nSPS) is 21.3. The zero-order valence-electron chi connectivity index (χ0n) is 11.3. The molecule has 4 rings (SSSR count). The molecule has 0 amide bonds. The van der Waals surface area contributed by atoms with Crippen LogP contribution in [0.15, 0.2) is 22.7 Å². The molecule has 0 radical (unpaired) electrons. The van der Waals surface area contributed by atoms with E-state index in [1.807, 2.05) is 0 Å². The minimum atomic E-state index is 0.532. The van der Waals surface area contributed by atoms with E-state index in [-0.39, 0.29) is 0 Å². The Morgan fingerprint density at radius 1 is 1.25 bits per heavy atom. The van der Waals surface area contributed by atoms with Gasteiger partial charge >= 0.3 is 0 Å². The van der Waals surface area contributed by atoms with Gasteiger partial charge in [-0.2, -0.15) is 4.98 Å². The van der Waals surface area contributed by atoms with Crippen LogP contribution in [0, 0.1) is 5.92 Å². The van der Waals surface area contributed by atoms with Gasteiger partial charge in [0.25, 0.3) is 5.89 Å². The van der Waals surface area contributed by atoms with Crippen molar-refractivity contribution >= 4 is 0 Å². The standard InChI is InChI=1S/C15H17N3O2/c1-2-12-7-16-8-13(12)6-11(1)15-17-14(18-20-15)5-10-3-4-19-9-10/h1-2,6,10,16H,3-5,7-9H2. The monoisotopic (exact) mass is 271 g/mol. The van der Waals surface area contributed by atoms with Gasteiger partial charge < -0.3 is 14.6 Å². The topological polar surface area (TPSA) is 60.2 Å². The highest BCUT2D eigenvalue weighted by atomic mass is 16.5. The van der Waals surface area contributed by atoms with Crippen LogP contribution in [0.1, 0.15) is 23.4 Å². The van der Waals surface area contributed by atoms with Crippen LogP contribution < -0.4 is 5.32 Å². The van der Waals surface area contributed by atoms with Crippen LogP contribution in [0.5, 0.6) is 0 Å². The minimum absolute atomic E-state index is 0.532. The summed E-state index contributed by atoms with van der Waals surface area (Å²) in [6.07, 6.45) is 1.93. The first-order valence-electron chi connectivity index (χ1n) is 7.12. The van der Waals surface area contributed by atoms with E-state index >= 15 is 0 Å². The van der Waals surface area contributed by atoms with Gasteiger partial charge in [-0.15, -0.1) is 0 Å². The fourth-order valence-electron chi connectivity index (χ4n) is 2.88. The molecule has 2 aromatic rings. The second-order valence-electron chi connectivity index (χ2n) is 5.54. The first kappa shape index (κ1) is 12.1. The fraction of sp³-hybridized carbons (Fsp3) is 0.467. The molecule has 0 aliphatic carbocycles. The third kappa shape index (κ3) is 2.23. The third-order valence-corrected chi connectivity index (χ3v) is 4.05. The first-order chi connectivity index (χ1) is 9.88. The Bertz CT molecular complexity index is 617. The zero-order valence-corrected chi connectivity index (χ0v) is 11.3. The van der Waals surface area contributed by atoms with Crippen LogP contribution in [0.3, 0.4) is 0 Å². The van der Waals surface area contributed by atoms with Crippen LogP contribution in [-0.4, -0.2) is 23.4 Å². The van der Waals surface area contributed by atoms with Crippen LogP contribution in [-0.2, 0) is 24.2 Å². The molecule has 1 N–H and O–H groups in total. The van der Waals surface area contributed by atoms with Crippen LogP contribution in [0.4, 0.5) is 0 Å². The van der Waals surface area contributed by atoms with Gasteiger partial charge in [-0.3, -0.25) is 0 Å². The van der Waals surface area contributed by atoms with Gasteiger partial charge in [0.05, 0.1) is 0 Å². The quantitative estimate of drug-likeness (QED) is 0.924. The Hall–Kier alpha value is -1.72. The lowest BCUT2D eigenvalue weighted by Crippen LogP contribution is -2.04. The van der Waals surface area contributed by atoms with Gasteiger partial charge in [0.2, 0.25) is 0 Å². The number of nitrogens with one attached hydrogen (secondary N) is 1. The summed E-state index contributed by atoms with van der Waals surface area (Å²) in [7, 11) is 0. The number of rotatable bonds is 3. The maximum atomic E-state index is 5.40. The van der Waals surface area contributed by atoms with Gasteiger partial charge in [-0.05, 0) is 35.6 Å². The Kier molecular flexibility index (Phi) is 3.01. The molecule has 0 bridgehead atoms. The van der Waals surface area contributed by atoms with Crippen molar-refractivity contribution in [3.63, 3.8) is 0 Å². The Morgan fingerprint density at radius 2 is 2.20 bits per heavy atom. The van der Waals surface area contributed by atoms with Crippen LogP contribution in [0.25, 0.3) is 11.5 Å². The van der Waals surface area contributed by atoms with Crippen molar-refractivity contribution in [1.82, 2.24) is 15.5 Å². The van der Waals surface area contributed by atoms with Crippen molar-refractivity contribution in [3.8, 4) is 11.5 Å². The molecule has 5 nitrogen and oxygen atoms in total. The smallest absolute Gasteiger partial charge is 0.257 e. The lowest BCUT2D eigenvalue weighted by Gasteiger charge is -2.01.